The second-order valence-electron chi connectivity index (χ2n) is 16.0. The van der Waals surface area contributed by atoms with Crippen LogP contribution in [0.4, 0.5) is 17.1 Å². The van der Waals surface area contributed by atoms with Crippen molar-refractivity contribution in [1.29, 1.82) is 0 Å². The lowest BCUT2D eigenvalue weighted by molar-refractivity contribution is 0.672. The molecule has 0 radical (unpaired) electrons. The number of anilines is 3. The molecule has 13 aromatic rings. The van der Waals surface area contributed by atoms with Gasteiger partial charge in [-0.15, -0.1) is 0 Å². The van der Waals surface area contributed by atoms with Gasteiger partial charge >= 0.3 is 0 Å². The van der Waals surface area contributed by atoms with Gasteiger partial charge in [-0.1, -0.05) is 152 Å². The molecule has 13 rings (SSSR count). The van der Waals surface area contributed by atoms with Crippen LogP contribution in [0.5, 0.6) is 0 Å². The molecule has 2 heterocycles. The fraction of sp³-hybridized carbons (Fsp3) is 0. The van der Waals surface area contributed by atoms with Crippen LogP contribution in [0, 0.1) is 0 Å². The van der Waals surface area contributed by atoms with Crippen LogP contribution in [0.1, 0.15) is 0 Å². The van der Waals surface area contributed by atoms with Gasteiger partial charge in [0.1, 0.15) is 22.3 Å². The highest BCUT2D eigenvalue weighted by molar-refractivity contribution is 6.20. The third-order valence-corrected chi connectivity index (χ3v) is 12.6. The second-order valence-corrected chi connectivity index (χ2v) is 16.0. The second kappa shape index (κ2) is 13.2. The van der Waals surface area contributed by atoms with E-state index in [0.29, 0.717) is 0 Å². The van der Waals surface area contributed by atoms with E-state index in [1.165, 1.54) is 38.1 Å². The highest BCUT2D eigenvalue weighted by atomic mass is 16.3. The minimum Gasteiger partial charge on any atom is -0.455 e. The van der Waals surface area contributed by atoms with Crippen molar-refractivity contribution in [3.8, 4) is 22.3 Å². The molecule has 0 spiro atoms. The summed E-state index contributed by atoms with van der Waals surface area (Å²) in [5.74, 6) is 0. The maximum absolute atomic E-state index is 6.77. The number of nitrogens with zero attached hydrogens (tertiary/aromatic N) is 1. The first-order valence-electron chi connectivity index (χ1n) is 20.8. The molecule has 0 saturated carbocycles. The fourth-order valence-electron chi connectivity index (χ4n) is 9.80. The molecule has 2 aromatic heterocycles. The summed E-state index contributed by atoms with van der Waals surface area (Å²) in [4.78, 5) is 2.41. The fourth-order valence-corrected chi connectivity index (χ4v) is 9.80. The van der Waals surface area contributed by atoms with Crippen LogP contribution in [-0.4, -0.2) is 0 Å². The summed E-state index contributed by atoms with van der Waals surface area (Å²) in [6, 6.07) is 76.3. The lowest BCUT2D eigenvalue weighted by Crippen LogP contribution is -2.11. The van der Waals surface area contributed by atoms with Crippen molar-refractivity contribution >= 4 is 104 Å². The molecule has 0 aliphatic carbocycles. The van der Waals surface area contributed by atoms with E-state index in [9.17, 15) is 0 Å². The van der Waals surface area contributed by atoms with Crippen LogP contribution in [-0.2, 0) is 0 Å². The molecule has 3 nitrogen and oxygen atoms in total. The number of fused-ring (bicyclic) bond motifs is 13. The first-order chi connectivity index (χ1) is 30.2. The van der Waals surface area contributed by atoms with Gasteiger partial charge in [-0.25, -0.2) is 0 Å². The number of rotatable bonds is 5. The zero-order valence-corrected chi connectivity index (χ0v) is 33.0. The Bertz CT molecular complexity index is 3890. The van der Waals surface area contributed by atoms with Gasteiger partial charge < -0.3 is 13.7 Å². The van der Waals surface area contributed by atoms with Crippen molar-refractivity contribution in [3.05, 3.63) is 212 Å². The largest absolute Gasteiger partial charge is 0.455 e. The predicted molar refractivity (Wildman–Crippen MR) is 257 cm³/mol. The Hall–Kier alpha value is -8.14. The molecule has 284 valence electrons. The minimum absolute atomic E-state index is 0.851. The lowest BCUT2D eigenvalue weighted by Gasteiger charge is -2.28. The molecular formula is C58H35NO2. The maximum Gasteiger partial charge on any atom is 0.143 e. The summed E-state index contributed by atoms with van der Waals surface area (Å²) in [5, 5.41) is 13.9. The first-order valence-corrected chi connectivity index (χ1v) is 20.8. The molecular weight excluding hydrogens is 743 g/mol. The summed E-state index contributed by atoms with van der Waals surface area (Å²) in [6.45, 7) is 0. The number of furan rings is 2. The Kier molecular flexibility index (Phi) is 7.31. The molecule has 0 saturated heterocycles. The molecule has 0 amide bonds. The smallest absolute Gasteiger partial charge is 0.143 e. The van der Waals surface area contributed by atoms with Crippen molar-refractivity contribution in [3.63, 3.8) is 0 Å². The normalized spacial score (nSPS) is 11.9. The first kappa shape index (κ1) is 33.8. The Balaban J connectivity index is 1.04. The zero-order valence-electron chi connectivity index (χ0n) is 33.0. The van der Waals surface area contributed by atoms with E-state index in [0.717, 1.165) is 88.2 Å². The average Bonchev–Trinajstić information content (AvgIpc) is 3.91. The van der Waals surface area contributed by atoms with E-state index in [2.05, 4.69) is 217 Å². The summed E-state index contributed by atoms with van der Waals surface area (Å²) in [6.07, 6.45) is 0. The highest BCUT2D eigenvalue weighted by Gasteiger charge is 2.23. The van der Waals surface area contributed by atoms with Crippen LogP contribution >= 0.6 is 0 Å². The SMILES string of the molecule is c1ccc(N(c2ccc(-c3cc4ccccc4c4ccccc34)cc2)c2cccc3oc4c5ccccc5ccc4c23)c(-c2ccc3oc4c5ccccc5ccc4c3c2)c1. The van der Waals surface area contributed by atoms with Gasteiger partial charge in [-0.05, 0) is 110 Å². The topological polar surface area (TPSA) is 29.5 Å². The maximum atomic E-state index is 6.77. The van der Waals surface area contributed by atoms with Gasteiger partial charge in [0.2, 0.25) is 0 Å². The molecule has 0 N–H and O–H groups in total. The third kappa shape index (κ3) is 5.17. The van der Waals surface area contributed by atoms with Crippen molar-refractivity contribution in [2.24, 2.45) is 0 Å². The molecule has 0 aliphatic rings. The van der Waals surface area contributed by atoms with E-state index < -0.39 is 0 Å². The van der Waals surface area contributed by atoms with Gasteiger partial charge in [0.25, 0.3) is 0 Å². The summed E-state index contributed by atoms with van der Waals surface area (Å²) in [7, 11) is 0. The number of benzene rings is 11. The van der Waals surface area contributed by atoms with Gasteiger partial charge in [-0.2, -0.15) is 0 Å². The van der Waals surface area contributed by atoms with Crippen molar-refractivity contribution in [1.82, 2.24) is 0 Å². The predicted octanol–water partition coefficient (Wildman–Crippen LogP) is 16.9. The minimum atomic E-state index is 0.851. The molecule has 11 aromatic carbocycles. The molecule has 0 atom stereocenters. The van der Waals surface area contributed by atoms with E-state index in [1.807, 2.05) is 0 Å². The van der Waals surface area contributed by atoms with Crippen LogP contribution in [0.2, 0.25) is 0 Å². The van der Waals surface area contributed by atoms with Gasteiger partial charge in [0.15, 0.2) is 0 Å². The number of para-hydroxylation sites is 1. The Morgan fingerprint density at radius 1 is 0.295 bits per heavy atom. The van der Waals surface area contributed by atoms with Crippen LogP contribution in [0.15, 0.2) is 221 Å². The summed E-state index contributed by atoms with van der Waals surface area (Å²) < 4.78 is 13.3. The molecule has 0 aliphatic heterocycles. The van der Waals surface area contributed by atoms with E-state index in [4.69, 9.17) is 8.83 Å². The highest BCUT2D eigenvalue weighted by Crippen LogP contribution is 2.48. The van der Waals surface area contributed by atoms with Crippen molar-refractivity contribution in [2.75, 3.05) is 4.90 Å². The van der Waals surface area contributed by atoms with Crippen molar-refractivity contribution in [2.45, 2.75) is 0 Å². The van der Waals surface area contributed by atoms with Crippen molar-refractivity contribution < 1.29 is 8.83 Å². The third-order valence-electron chi connectivity index (χ3n) is 12.6. The van der Waals surface area contributed by atoms with Crippen LogP contribution in [0.3, 0.4) is 0 Å². The van der Waals surface area contributed by atoms with Gasteiger partial charge in [-0.3, -0.25) is 0 Å². The Labute approximate surface area is 350 Å². The van der Waals surface area contributed by atoms with Crippen LogP contribution < -0.4 is 4.90 Å². The quantitative estimate of drug-likeness (QED) is 0.163. The number of hydrogen-bond acceptors (Lipinski definition) is 3. The molecule has 0 unspecified atom stereocenters. The Morgan fingerprint density at radius 3 is 1.67 bits per heavy atom. The van der Waals surface area contributed by atoms with E-state index >= 15 is 0 Å². The molecule has 3 heteroatoms. The average molecular weight is 778 g/mol. The van der Waals surface area contributed by atoms with Crippen LogP contribution in [0.25, 0.3) is 109 Å². The standard InChI is InChI=1S/C58H35NO2/c1-5-17-44-36(12-1)26-31-48-51-35-40(28-33-54(51)60-57(44)48)43-16-9-10-21-52(43)59(53-22-11-23-55-56(53)49-32-27-37-13-2-6-18-45(37)58(49)61-55)41-29-24-38(25-30-41)50-34-39-14-3-4-15-42(39)46-19-7-8-20-47(46)50/h1-35H. The van der Waals surface area contributed by atoms with E-state index in [-0.39, 0.29) is 0 Å². The van der Waals surface area contributed by atoms with Gasteiger partial charge in [0.05, 0.1) is 16.8 Å². The molecule has 61 heavy (non-hydrogen) atoms. The molecule has 0 bridgehead atoms. The van der Waals surface area contributed by atoms with Gasteiger partial charge in [0, 0.05) is 38.2 Å². The monoisotopic (exact) mass is 777 g/mol. The zero-order chi connectivity index (χ0) is 40.0. The molecule has 0 fully saturated rings. The summed E-state index contributed by atoms with van der Waals surface area (Å²) >= 11 is 0. The lowest BCUT2D eigenvalue weighted by atomic mass is 9.93. The van der Waals surface area contributed by atoms with E-state index in [1.54, 1.807) is 0 Å². The summed E-state index contributed by atoms with van der Waals surface area (Å²) in [5.41, 5.74) is 11.3. The number of hydrogen-bond donors (Lipinski definition) is 0. The Morgan fingerprint density at radius 2 is 0.885 bits per heavy atom.